The van der Waals surface area contributed by atoms with Crippen molar-refractivity contribution in [1.82, 2.24) is 9.78 Å². The van der Waals surface area contributed by atoms with E-state index in [1.54, 1.807) is 14.0 Å². The molecule has 1 rings (SSSR count). The quantitative estimate of drug-likeness (QED) is 0.717. The van der Waals surface area contributed by atoms with Gasteiger partial charge in [-0.2, -0.15) is 5.10 Å². The normalized spacial score (nSPS) is 9.83. The minimum atomic E-state index is -0.971. The first kappa shape index (κ1) is 8.52. The summed E-state index contributed by atoms with van der Waals surface area (Å²) < 4.78 is 1.51. The van der Waals surface area contributed by atoms with Crippen LogP contribution in [0.25, 0.3) is 5.57 Å². The number of nitrogens with zero attached hydrogens (tertiary/aromatic N) is 2. The SMILES string of the molecule is C=C(C)c1c(C(=O)O)cnn1C. The Hall–Kier alpha value is -1.58. The largest absolute Gasteiger partial charge is 0.478 e. The van der Waals surface area contributed by atoms with Gasteiger partial charge in [-0.25, -0.2) is 4.79 Å². The highest BCUT2D eigenvalue weighted by Gasteiger charge is 2.14. The summed E-state index contributed by atoms with van der Waals surface area (Å²) in [5.41, 5.74) is 1.47. The van der Waals surface area contributed by atoms with Crippen molar-refractivity contribution in [2.75, 3.05) is 0 Å². The molecule has 0 unspecified atom stereocenters. The lowest BCUT2D eigenvalue weighted by Gasteiger charge is -2.00. The van der Waals surface area contributed by atoms with Crippen LogP contribution in [0.5, 0.6) is 0 Å². The third-order valence-corrected chi connectivity index (χ3v) is 1.57. The van der Waals surface area contributed by atoms with Crippen LogP contribution in [0, 0.1) is 0 Å². The standard InChI is InChI=1S/C8H10N2O2/c1-5(2)7-6(8(11)12)4-9-10(7)3/h4H,1H2,2-3H3,(H,11,12). The monoisotopic (exact) mass is 166 g/mol. The summed E-state index contributed by atoms with van der Waals surface area (Å²) in [6.45, 7) is 5.43. The van der Waals surface area contributed by atoms with Crippen LogP contribution < -0.4 is 0 Å². The predicted octanol–water partition coefficient (Wildman–Crippen LogP) is 1.15. The van der Waals surface area contributed by atoms with Crippen molar-refractivity contribution in [3.63, 3.8) is 0 Å². The summed E-state index contributed by atoms with van der Waals surface area (Å²) in [4.78, 5) is 10.6. The van der Waals surface area contributed by atoms with E-state index in [1.165, 1.54) is 10.9 Å². The van der Waals surface area contributed by atoms with Crippen LogP contribution in [-0.4, -0.2) is 20.9 Å². The highest BCUT2D eigenvalue weighted by Crippen LogP contribution is 2.15. The first-order valence-electron chi connectivity index (χ1n) is 3.45. The molecule has 4 heteroatoms. The molecule has 0 saturated heterocycles. The van der Waals surface area contributed by atoms with Gasteiger partial charge in [0.1, 0.15) is 5.56 Å². The molecule has 4 nitrogen and oxygen atoms in total. The molecule has 12 heavy (non-hydrogen) atoms. The number of aromatic nitrogens is 2. The van der Waals surface area contributed by atoms with Gasteiger partial charge in [-0.3, -0.25) is 4.68 Å². The zero-order chi connectivity index (χ0) is 9.30. The molecule has 0 atom stereocenters. The fourth-order valence-electron chi connectivity index (χ4n) is 1.10. The topological polar surface area (TPSA) is 55.1 Å². The summed E-state index contributed by atoms with van der Waals surface area (Å²) in [5.74, 6) is -0.971. The molecule has 1 heterocycles. The molecular formula is C8H10N2O2. The van der Waals surface area contributed by atoms with E-state index in [4.69, 9.17) is 5.11 Å². The maximum absolute atomic E-state index is 10.6. The average molecular weight is 166 g/mol. The molecule has 0 spiro atoms. The molecule has 0 saturated carbocycles. The second kappa shape index (κ2) is 2.81. The Kier molecular flexibility index (Phi) is 1.99. The molecule has 1 N–H and O–H groups in total. The second-order valence-corrected chi connectivity index (χ2v) is 2.62. The van der Waals surface area contributed by atoms with E-state index in [1.807, 2.05) is 0 Å². The van der Waals surface area contributed by atoms with Crippen molar-refractivity contribution in [3.8, 4) is 0 Å². The lowest BCUT2D eigenvalue weighted by molar-refractivity contribution is 0.0696. The maximum Gasteiger partial charge on any atom is 0.339 e. The molecule has 0 aliphatic rings. The molecule has 0 bridgehead atoms. The lowest BCUT2D eigenvalue weighted by Crippen LogP contribution is -2.02. The van der Waals surface area contributed by atoms with Gasteiger partial charge in [-0.05, 0) is 12.5 Å². The molecule has 0 amide bonds. The van der Waals surface area contributed by atoms with Crippen molar-refractivity contribution in [1.29, 1.82) is 0 Å². The highest BCUT2D eigenvalue weighted by molar-refractivity contribution is 5.92. The van der Waals surface area contributed by atoms with Crippen LogP contribution >= 0.6 is 0 Å². The van der Waals surface area contributed by atoms with Gasteiger partial charge in [0, 0.05) is 7.05 Å². The number of aromatic carboxylic acids is 1. The lowest BCUT2D eigenvalue weighted by atomic mass is 10.1. The van der Waals surface area contributed by atoms with Crippen LogP contribution in [0.2, 0.25) is 0 Å². The second-order valence-electron chi connectivity index (χ2n) is 2.62. The maximum atomic E-state index is 10.6. The van der Waals surface area contributed by atoms with Crippen LogP contribution in [0.4, 0.5) is 0 Å². The Labute approximate surface area is 70.1 Å². The van der Waals surface area contributed by atoms with Gasteiger partial charge in [0.25, 0.3) is 0 Å². The van der Waals surface area contributed by atoms with Crippen LogP contribution in [-0.2, 0) is 7.05 Å². The molecule has 1 aromatic heterocycles. The summed E-state index contributed by atoms with van der Waals surface area (Å²) in [6, 6.07) is 0. The van der Waals surface area contributed by atoms with Gasteiger partial charge in [0.15, 0.2) is 0 Å². The van der Waals surface area contributed by atoms with E-state index in [0.29, 0.717) is 11.3 Å². The fraction of sp³-hybridized carbons (Fsp3) is 0.250. The summed E-state index contributed by atoms with van der Waals surface area (Å²) in [7, 11) is 1.69. The van der Waals surface area contributed by atoms with Crippen molar-refractivity contribution in [2.24, 2.45) is 7.05 Å². The molecule has 0 aliphatic heterocycles. The van der Waals surface area contributed by atoms with Crippen molar-refractivity contribution < 1.29 is 9.90 Å². The summed E-state index contributed by atoms with van der Waals surface area (Å²) in [6.07, 6.45) is 1.33. The number of allylic oxidation sites excluding steroid dienone is 1. The molecule has 0 aliphatic carbocycles. The van der Waals surface area contributed by atoms with E-state index < -0.39 is 5.97 Å². The minimum absolute atomic E-state index is 0.199. The number of hydrogen-bond acceptors (Lipinski definition) is 2. The van der Waals surface area contributed by atoms with Gasteiger partial charge < -0.3 is 5.11 Å². The van der Waals surface area contributed by atoms with E-state index in [-0.39, 0.29) is 5.56 Å². The highest BCUT2D eigenvalue weighted by atomic mass is 16.4. The Morgan fingerprint density at radius 2 is 2.33 bits per heavy atom. The third kappa shape index (κ3) is 1.23. The Morgan fingerprint density at radius 3 is 2.67 bits per heavy atom. The first-order valence-corrected chi connectivity index (χ1v) is 3.45. The van der Waals surface area contributed by atoms with Crippen LogP contribution in [0.15, 0.2) is 12.8 Å². The molecule has 0 fully saturated rings. The third-order valence-electron chi connectivity index (χ3n) is 1.57. The van der Waals surface area contributed by atoms with E-state index in [9.17, 15) is 4.79 Å². The summed E-state index contributed by atoms with van der Waals surface area (Å²) in [5, 5.41) is 12.6. The number of rotatable bonds is 2. The Bertz CT molecular complexity index is 339. The molecule has 0 aromatic carbocycles. The van der Waals surface area contributed by atoms with Gasteiger partial charge in [-0.1, -0.05) is 6.58 Å². The number of carboxylic acids is 1. The Balaban J connectivity index is 3.31. The smallest absolute Gasteiger partial charge is 0.339 e. The fourth-order valence-corrected chi connectivity index (χ4v) is 1.10. The first-order chi connectivity index (χ1) is 5.54. The number of carbonyl (C=O) groups is 1. The molecule has 64 valence electrons. The van der Waals surface area contributed by atoms with Crippen molar-refractivity contribution in [2.45, 2.75) is 6.92 Å². The predicted molar refractivity (Wildman–Crippen MR) is 44.9 cm³/mol. The number of carboxylic acid groups (broad SMARTS) is 1. The van der Waals surface area contributed by atoms with Gasteiger partial charge in [0.05, 0.1) is 11.9 Å². The van der Waals surface area contributed by atoms with E-state index in [0.717, 1.165) is 0 Å². The van der Waals surface area contributed by atoms with E-state index in [2.05, 4.69) is 11.7 Å². The molecular weight excluding hydrogens is 156 g/mol. The van der Waals surface area contributed by atoms with Crippen molar-refractivity contribution in [3.05, 3.63) is 24.0 Å². The molecule has 0 radical (unpaired) electrons. The van der Waals surface area contributed by atoms with Gasteiger partial charge in [0.2, 0.25) is 0 Å². The zero-order valence-electron chi connectivity index (χ0n) is 7.03. The van der Waals surface area contributed by atoms with E-state index >= 15 is 0 Å². The van der Waals surface area contributed by atoms with Gasteiger partial charge in [-0.15, -0.1) is 0 Å². The van der Waals surface area contributed by atoms with Crippen LogP contribution in [0.1, 0.15) is 23.0 Å². The molecule has 1 aromatic rings. The summed E-state index contributed by atoms with van der Waals surface area (Å²) >= 11 is 0. The Morgan fingerprint density at radius 1 is 1.75 bits per heavy atom. The number of hydrogen-bond donors (Lipinski definition) is 1. The van der Waals surface area contributed by atoms with Gasteiger partial charge >= 0.3 is 5.97 Å². The number of aryl methyl sites for hydroxylation is 1. The minimum Gasteiger partial charge on any atom is -0.478 e. The van der Waals surface area contributed by atoms with Crippen molar-refractivity contribution >= 4 is 11.5 Å². The average Bonchev–Trinajstić information content (AvgIpc) is 2.30. The van der Waals surface area contributed by atoms with Crippen LogP contribution in [0.3, 0.4) is 0 Å². The zero-order valence-corrected chi connectivity index (χ0v) is 7.03.